The lowest BCUT2D eigenvalue weighted by Crippen LogP contribution is -2.51. The Morgan fingerprint density at radius 2 is 1.67 bits per heavy atom. The maximum Gasteiger partial charge on any atom is 0.410 e. The Morgan fingerprint density at radius 3 is 2.30 bits per heavy atom. The van der Waals surface area contributed by atoms with Crippen LogP contribution in [0, 0.1) is 11.8 Å². The quantitative estimate of drug-likeness (QED) is 0.358. The van der Waals surface area contributed by atoms with Gasteiger partial charge in [-0.05, 0) is 77.8 Å². The van der Waals surface area contributed by atoms with Crippen LogP contribution in [-0.4, -0.2) is 93.1 Å². The Hall–Kier alpha value is -3.19. The summed E-state index contributed by atoms with van der Waals surface area (Å²) < 4.78 is 38.4. The standard InChI is InChI=1S/C30H46N4O8S/c1-5-41-28(37)25(32-43(39,40)24-11-7-6-8-12-24)20-31-27(36)23-10-9-17-34(21-23)26(35)14-13-22-15-18-33(19-16-22)29(38)42-30(2,3)4/h6-8,11-12,22-23,25,32H,5,9-10,13-21H2,1-4H3,(H,31,36)/t23-,25+/m1/s1. The molecular weight excluding hydrogens is 576 g/mol. The predicted octanol–water partition coefficient (Wildman–Crippen LogP) is 2.68. The fourth-order valence-electron chi connectivity index (χ4n) is 5.25. The zero-order chi connectivity index (χ0) is 31.6. The van der Waals surface area contributed by atoms with Crippen LogP contribution in [0.5, 0.6) is 0 Å². The maximum atomic E-state index is 13.0. The third-order valence-corrected chi connectivity index (χ3v) is 9.07. The van der Waals surface area contributed by atoms with Crippen molar-refractivity contribution in [3.05, 3.63) is 30.3 Å². The minimum Gasteiger partial charge on any atom is -0.465 e. The molecule has 2 aliphatic heterocycles. The molecule has 3 amide bonds. The van der Waals surface area contributed by atoms with Gasteiger partial charge in [0, 0.05) is 39.1 Å². The maximum absolute atomic E-state index is 13.0. The van der Waals surface area contributed by atoms with Gasteiger partial charge in [-0.25, -0.2) is 13.2 Å². The molecule has 0 bridgehead atoms. The van der Waals surface area contributed by atoms with Crippen molar-refractivity contribution in [3.63, 3.8) is 0 Å². The number of amides is 3. The van der Waals surface area contributed by atoms with Gasteiger partial charge in [-0.15, -0.1) is 0 Å². The molecule has 0 unspecified atom stereocenters. The molecule has 2 heterocycles. The summed E-state index contributed by atoms with van der Waals surface area (Å²) in [5, 5.41) is 2.69. The third kappa shape index (κ3) is 10.8. The molecule has 2 N–H and O–H groups in total. The van der Waals surface area contributed by atoms with Crippen LogP contribution in [0.4, 0.5) is 4.79 Å². The lowest BCUT2D eigenvalue weighted by Gasteiger charge is -2.34. The van der Waals surface area contributed by atoms with Crippen LogP contribution < -0.4 is 10.0 Å². The number of rotatable bonds is 11. The normalized spacial score (nSPS) is 18.9. The van der Waals surface area contributed by atoms with Gasteiger partial charge in [0.1, 0.15) is 11.6 Å². The lowest BCUT2D eigenvalue weighted by atomic mass is 9.91. The monoisotopic (exact) mass is 622 g/mol. The van der Waals surface area contributed by atoms with E-state index in [1.165, 1.54) is 12.1 Å². The van der Waals surface area contributed by atoms with Crippen molar-refractivity contribution < 1.29 is 37.1 Å². The van der Waals surface area contributed by atoms with E-state index in [0.717, 1.165) is 19.3 Å². The number of sulfonamides is 1. The van der Waals surface area contributed by atoms with E-state index in [4.69, 9.17) is 9.47 Å². The largest absolute Gasteiger partial charge is 0.465 e. The molecule has 2 saturated heterocycles. The van der Waals surface area contributed by atoms with Crippen LogP contribution in [0.25, 0.3) is 0 Å². The predicted molar refractivity (Wildman–Crippen MR) is 159 cm³/mol. The molecule has 240 valence electrons. The Balaban J connectivity index is 1.47. The molecule has 0 aromatic heterocycles. The number of likely N-dealkylation sites (tertiary alicyclic amines) is 2. The summed E-state index contributed by atoms with van der Waals surface area (Å²) in [4.78, 5) is 54.3. The molecule has 1 aromatic rings. The lowest BCUT2D eigenvalue weighted by molar-refractivity contribution is -0.145. The average Bonchev–Trinajstić information content (AvgIpc) is 2.97. The molecule has 0 aliphatic carbocycles. The van der Waals surface area contributed by atoms with Crippen LogP contribution in [-0.2, 0) is 33.9 Å². The van der Waals surface area contributed by atoms with Gasteiger partial charge in [0.2, 0.25) is 21.8 Å². The number of piperidine rings is 2. The molecular formula is C30H46N4O8S. The number of hydrogen-bond acceptors (Lipinski definition) is 8. The highest BCUT2D eigenvalue weighted by Gasteiger charge is 2.32. The third-order valence-electron chi connectivity index (χ3n) is 7.58. The summed E-state index contributed by atoms with van der Waals surface area (Å²) >= 11 is 0. The topological polar surface area (TPSA) is 151 Å². The van der Waals surface area contributed by atoms with E-state index in [9.17, 15) is 27.6 Å². The summed E-state index contributed by atoms with van der Waals surface area (Å²) in [6.07, 6.45) is 3.66. The van der Waals surface area contributed by atoms with E-state index in [-0.39, 0.29) is 42.5 Å². The first-order chi connectivity index (χ1) is 20.3. The summed E-state index contributed by atoms with van der Waals surface area (Å²) in [6, 6.07) is 6.32. The van der Waals surface area contributed by atoms with E-state index in [0.29, 0.717) is 44.8 Å². The molecule has 1 aromatic carbocycles. The molecule has 12 nitrogen and oxygen atoms in total. The van der Waals surface area contributed by atoms with Gasteiger partial charge >= 0.3 is 12.1 Å². The van der Waals surface area contributed by atoms with Crippen LogP contribution in [0.1, 0.15) is 66.2 Å². The molecule has 0 spiro atoms. The van der Waals surface area contributed by atoms with Gasteiger partial charge in [0.05, 0.1) is 17.4 Å². The highest BCUT2D eigenvalue weighted by Crippen LogP contribution is 2.25. The second kappa shape index (κ2) is 15.5. The number of nitrogens with zero attached hydrogens (tertiary/aromatic N) is 2. The first-order valence-electron chi connectivity index (χ1n) is 15.1. The zero-order valence-electron chi connectivity index (χ0n) is 25.7. The Morgan fingerprint density at radius 1 is 1.00 bits per heavy atom. The minimum atomic E-state index is -4.03. The van der Waals surface area contributed by atoms with Crippen molar-refractivity contribution in [1.82, 2.24) is 19.8 Å². The van der Waals surface area contributed by atoms with Gasteiger partial charge in [0.15, 0.2) is 0 Å². The highest BCUT2D eigenvalue weighted by atomic mass is 32.2. The van der Waals surface area contributed by atoms with Crippen LogP contribution in [0.15, 0.2) is 35.2 Å². The number of hydrogen-bond donors (Lipinski definition) is 2. The van der Waals surface area contributed by atoms with Crippen molar-refractivity contribution in [3.8, 4) is 0 Å². The number of nitrogens with one attached hydrogen (secondary N) is 2. The van der Waals surface area contributed by atoms with E-state index in [1.54, 1.807) is 34.9 Å². The Kier molecular flexibility index (Phi) is 12.4. The van der Waals surface area contributed by atoms with E-state index >= 15 is 0 Å². The number of carbonyl (C=O) groups excluding carboxylic acids is 4. The Labute approximate surface area is 254 Å². The summed E-state index contributed by atoms with van der Waals surface area (Å²) in [5.41, 5.74) is -0.536. The average molecular weight is 623 g/mol. The second-order valence-electron chi connectivity index (χ2n) is 12.1. The number of ether oxygens (including phenoxy) is 2. The van der Waals surface area contributed by atoms with Gasteiger partial charge in [-0.1, -0.05) is 18.2 Å². The molecule has 13 heteroatoms. The SMILES string of the molecule is CCOC(=O)[C@H](CNC(=O)[C@@H]1CCCN(C(=O)CCC2CCN(C(=O)OC(C)(C)C)CC2)C1)NS(=O)(=O)c1ccccc1. The Bertz CT molecular complexity index is 1210. The van der Waals surface area contributed by atoms with E-state index in [1.807, 2.05) is 20.8 Å². The number of esters is 1. The molecule has 2 atom stereocenters. The molecule has 0 radical (unpaired) electrons. The first-order valence-corrected chi connectivity index (χ1v) is 16.5. The van der Waals surface area contributed by atoms with Gasteiger partial charge in [0.25, 0.3) is 0 Å². The van der Waals surface area contributed by atoms with Crippen molar-refractivity contribution in [2.45, 2.75) is 82.8 Å². The molecule has 43 heavy (non-hydrogen) atoms. The van der Waals surface area contributed by atoms with Gasteiger partial charge in [-0.3, -0.25) is 14.4 Å². The van der Waals surface area contributed by atoms with E-state index in [2.05, 4.69) is 10.0 Å². The van der Waals surface area contributed by atoms with Crippen molar-refractivity contribution in [2.24, 2.45) is 11.8 Å². The van der Waals surface area contributed by atoms with E-state index < -0.39 is 33.6 Å². The van der Waals surface area contributed by atoms with Crippen molar-refractivity contribution in [1.29, 1.82) is 0 Å². The first kappa shape index (κ1) is 34.3. The minimum absolute atomic E-state index is 0.00732. The van der Waals surface area contributed by atoms with Crippen LogP contribution in [0.2, 0.25) is 0 Å². The van der Waals surface area contributed by atoms with Crippen molar-refractivity contribution >= 4 is 33.9 Å². The second-order valence-corrected chi connectivity index (χ2v) is 13.8. The van der Waals surface area contributed by atoms with Crippen LogP contribution >= 0.6 is 0 Å². The summed E-state index contributed by atoms with van der Waals surface area (Å²) in [7, 11) is -4.03. The van der Waals surface area contributed by atoms with Crippen molar-refractivity contribution in [2.75, 3.05) is 39.3 Å². The fourth-order valence-corrected chi connectivity index (χ4v) is 6.46. The molecule has 3 rings (SSSR count). The molecule has 2 fully saturated rings. The molecule has 0 saturated carbocycles. The smallest absolute Gasteiger partial charge is 0.410 e. The summed E-state index contributed by atoms with van der Waals surface area (Å²) in [5.74, 6) is -1.28. The fraction of sp³-hybridized carbons (Fsp3) is 0.667. The number of carbonyl (C=O) groups is 4. The summed E-state index contributed by atoms with van der Waals surface area (Å²) in [6.45, 7) is 8.96. The number of benzene rings is 1. The van der Waals surface area contributed by atoms with Crippen LogP contribution in [0.3, 0.4) is 0 Å². The van der Waals surface area contributed by atoms with Gasteiger partial charge < -0.3 is 24.6 Å². The van der Waals surface area contributed by atoms with Gasteiger partial charge in [-0.2, -0.15) is 4.72 Å². The highest BCUT2D eigenvalue weighted by molar-refractivity contribution is 7.89. The molecule has 2 aliphatic rings. The zero-order valence-corrected chi connectivity index (χ0v) is 26.5.